The van der Waals surface area contributed by atoms with Crippen molar-refractivity contribution in [2.75, 3.05) is 36.9 Å². The maximum absolute atomic E-state index is 14.3. The highest BCUT2D eigenvalue weighted by Crippen LogP contribution is 2.41. The van der Waals surface area contributed by atoms with E-state index in [1.807, 2.05) is 37.3 Å². The number of anilines is 2. The number of nitrogen functional groups attached to an aromatic ring is 1. The molecule has 2 fully saturated rings. The Morgan fingerprint density at radius 1 is 1.13 bits per heavy atom. The molecule has 0 spiro atoms. The number of aromatic nitrogens is 2. The van der Waals surface area contributed by atoms with Crippen molar-refractivity contribution in [3.8, 4) is 22.4 Å². The lowest BCUT2D eigenvalue weighted by Gasteiger charge is -2.46. The van der Waals surface area contributed by atoms with Crippen LogP contribution < -0.4 is 10.6 Å². The lowest BCUT2D eigenvalue weighted by Crippen LogP contribution is -2.60. The number of nitrogens with two attached hydrogens (primary N) is 1. The molecule has 38 heavy (non-hydrogen) atoms. The molecule has 3 N–H and O–H groups in total. The van der Waals surface area contributed by atoms with Crippen molar-refractivity contribution in [2.45, 2.75) is 25.5 Å². The van der Waals surface area contributed by atoms with Crippen LogP contribution in [0, 0.1) is 12.7 Å². The predicted molar refractivity (Wildman–Crippen MR) is 145 cm³/mol. The molecular formula is C29H28FN5O3. The summed E-state index contributed by atoms with van der Waals surface area (Å²) in [5.74, 6) is -0.328. The summed E-state index contributed by atoms with van der Waals surface area (Å²) >= 11 is 0. The Morgan fingerprint density at radius 2 is 2.00 bits per heavy atom. The number of rotatable bonds is 3. The molecule has 2 aromatic carbocycles. The summed E-state index contributed by atoms with van der Waals surface area (Å²) in [5.41, 5.74) is 12.7. The Bertz CT molecular complexity index is 1540. The van der Waals surface area contributed by atoms with Gasteiger partial charge in [-0.15, -0.1) is 0 Å². The highest BCUT2D eigenvalue weighted by molar-refractivity contribution is 6.02. The number of carboxylic acid groups (broad SMARTS) is 1. The van der Waals surface area contributed by atoms with Crippen molar-refractivity contribution in [3.63, 3.8) is 0 Å². The Balaban J connectivity index is 1.51. The summed E-state index contributed by atoms with van der Waals surface area (Å²) in [4.78, 5) is 24.8. The fraction of sp³-hybridized carbons (Fsp3) is 0.276. The zero-order chi connectivity index (χ0) is 26.4. The minimum atomic E-state index is -0.917. The van der Waals surface area contributed by atoms with Crippen molar-refractivity contribution in [2.24, 2.45) is 0 Å². The molecule has 0 aliphatic carbocycles. The fourth-order valence-electron chi connectivity index (χ4n) is 5.67. The van der Waals surface area contributed by atoms with E-state index < -0.39 is 6.09 Å². The second-order valence-electron chi connectivity index (χ2n) is 9.84. The normalized spacial score (nSPS) is 19.4. The number of halogens is 1. The number of piperidine rings is 1. The van der Waals surface area contributed by atoms with Gasteiger partial charge in [0.1, 0.15) is 5.82 Å². The van der Waals surface area contributed by atoms with Crippen LogP contribution in [0.3, 0.4) is 0 Å². The number of benzene rings is 2. The van der Waals surface area contributed by atoms with Crippen molar-refractivity contribution in [1.82, 2.24) is 14.9 Å². The average molecular weight is 514 g/mol. The summed E-state index contributed by atoms with van der Waals surface area (Å²) in [6.07, 6.45) is 2.96. The maximum Gasteiger partial charge on any atom is 0.407 e. The third kappa shape index (κ3) is 4.18. The van der Waals surface area contributed by atoms with E-state index in [9.17, 15) is 14.3 Å². The molecule has 0 saturated carbocycles. The van der Waals surface area contributed by atoms with E-state index in [-0.39, 0.29) is 18.0 Å². The van der Waals surface area contributed by atoms with Gasteiger partial charge in [0.05, 0.1) is 41.3 Å². The molecule has 2 saturated heterocycles. The van der Waals surface area contributed by atoms with Crippen molar-refractivity contribution < 1.29 is 19.0 Å². The van der Waals surface area contributed by atoms with Crippen LogP contribution in [0.4, 0.5) is 20.6 Å². The summed E-state index contributed by atoms with van der Waals surface area (Å²) in [5, 5.41) is 10.6. The number of nitrogens with zero attached hydrogens (tertiary/aromatic N) is 4. The van der Waals surface area contributed by atoms with Gasteiger partial charge in [0, 0.05) is 48.5 Å². The van der Waals surface area contributed by atoms with Gasteiger partial charge in [0.2, 0.25) is 0 Å². The molecule has 1 amide bonds. The fourth-order valence-corrected chi connectivity index (χ4v) is 5.67. The molecule has 9 heteroatoms. The van der Waals surface area contributed by atoms with Gasteiger partial charge in [-0.05, 0) is 54.8 Å². The second-order valence-corrected chi connectivity index (χ2v) is 9.84. The van der Waals surface area contributed by atoms with Gasteiger partial charge in [-0.3, -0.25) is 9.97 Å². The van der Waals surface area contributed by atoms with Gasteiger partial charge in [-0.25, -0.2) is 9.18 Å². The molecule has 2 aromatic heterocycles. The van der Waals surface area contributed by atoms with E-state index in [1.165, 1.54) is 17.0 Å². The van der Waals surface area contributed by atoms with Gasteiger partial charge in [-0.1, -0.05) is 18.2 Å². The molecule has 194 valence electrons. The number of hydrogen-bond acceptors (Lipinski definition) is 6. The van der Waals surface area contributed by atoms with Gasteiger partial charge < -0.3 is 25.4 Å². The van der Waals surface area contributed by atoms with Crippen molar-refractivity contribution >= 4 is 28.4 Å². The smallest absolute Gasteiger partial charge is 0.407 e. The predicted octanol–water partition coefficient (Wildman–Crippen LogP) is 4.95. The first-order chi connectivity index (χ1) is 18.4. The van der Waals surface area contributed by atoms with Gasteiger partial charge in [-0.2, -0.15) is 0 Å². The Hall–Kier alpha value is -4.24. The van der Waals surface area contributed by atoms with Crippen molar-refractivity contribution in [3.05, 3.63) is 72.3 Å². The zero-order valence-electron chi connectivity index (χ0n) is 21.0. The SMILES string of the molecule is Cc1ccnc(-c2ccc3ncc(-c4cccc(F)c4)c(N4CC[C@H]5[C@H](C4)OCCN5C(=O)O)c3c2)c1N. The summed E-state index contributed by atoms with van der Waals surface area (Å²) in [6, 6.07) is 14.1. The van der Waals surface area contributed by atoms with E-state index in [0.29, 0.717) is 49.6 Å². The molecule has 4 aromatic rings. The third-order valence-corrected chi connectivity index (χ3v) is 7.61. The van der Waals surface area contributed by atoms with Crippen LogP contribution in [0.25, 0.3) is 33.3 Å². The molecule has 2 aliphatic rings. The number of hydrogen-bond donors (Lipinski definition) is 2. The lowest BCUT2D eigenvalue weighted by molar-refractivity contribution is -0.0659. The van der Waals surface area contributed by atoms with Gasteiger partial charge >= 0.3 is 6.09 Å². The standard InChI is InChI=1S/C29H28FN5O3/c1-17-7-9-32-27(26(17)31)19-5-6-23-21(14-19)28(22(15-33-23)18-3-2-4-20(30)13-18)34-10-8-24-25(16-34)38-12-11-35(24)29(36)37/h2-7,9,13-15,24-25H,8,10-12,16,31H2,1H3,(H,36,37)/t24-,25-/m0/s1. The van der Waals surface area contributed by atoms with E-state index in [0.717, 1.165) is 33.3 Å². The Kier molecular flexibility index (Phi) is 6.07. The van der Waals surface area contributed by atoms with E-state index >= 15 is 0 Å². The molecule has 0 radical (unpaired) electrons. The molecule has 6 rings (SSSR count). The monoisotopic (exact) mass is 513 g/mol. The van der Waals surface area contributed by atoms with E-state index in [2.05, 4.69) is 9.88 Å². The second kappa shape index (κ2) is 9.57. The van der Waals surface area contributed by atoms with Crippen LogP contribution >= 0.6 is 0 Å². The number of pyridine rings is 2. The number of carbonyl (C=O) groups is 1. The van der Waals surface area contributed by atoms with Crippen molar-refractivity contribution in [1.29, 1.82) is 0 Å². The van der Waals surface area contributed by atoms with Crippen LogP contribution in [-0.4, -0.2) is 64.5 Å². The van der Waals surface area contributed by atoms with Crippen LogP contribution in [0.2, 0.25) is 0 Å². The number of ether oxygens (including phenoxy) is 1. The van der Waals surface area contributed by atoms with Crippen LogP contribution in [0.15, 0.2) is 60.9 Å². The number of fused-ring (bicyclic) bond motifs is 2. The minimum absolute atomic E-state index is 0.199. The zero-order valence-corrected chi connectivity index (χ0v) is 21.0. The van der Waals surface area contributed by atoms with Crippen LogP contribution in [-0.2, 0) is 4.74 Å². The Morgan fingerprint density at radius 3 is 2.82 bits per heavy atom. The first-order valence-electron chi connectivity index (χ1n) is 12.7. The first-order valence-corrected chi connectivity index (χ1v) is 12.7. The summed E-state index contributed by atoms with van der Waals surface area (Å²) in [7, 11) is 0. The highest BCUT2D eigenvalue weighted by Gasteiger charge is 2.40. The van der Waals surface area contributed by atoms with Gasteiger partial charge in [0.15, 0.2) is 0 Å². The number of amides is 1. The largest absolute Gasteiger partial charge is 0.465 e. The maximum atomic E-state index is 14.3. The number of aryl methyl sites for hydroxylation is 1. The Labute approximate surface area is 219 Å². The first kappa shape index (κ1) is 24.1. The molecule has 0 bridgehead atoms. The van der Waals surface area contributed by atoms with E-state index in [1.54, 1.807) is 18.5 Å². The highest BCUT2D eigenvalue weighted by atomic mass is 19.1. The molecule has 2 atom stereocenters. The molecular weight excluding hydrogens is 485 g/mol. The molecule has 0 unspecified atom stereocenters. The van der Waals surface area contributed by atoms with Crippen LogP contribution in [0.1, 0.15) is 12.0 Å². The average Bonchev–Trinajstić information content (AvgIpc) is 2.93. The molecule has 4 heterocycles. The van der Waals surface area contributed by atoms with Crippen LogP contribution in [0.5, 0.6) is 0 Å². The summed E-state index contributed by atoms with van der Waals surface area (Å²) < 4.78 is 20.4. The minimum Gasteiger partial charge on any atom is -0.465 e. The van der Waals surface area contributed by atoms with Gasteiger partial charge in [0.25, 0.3) is 0 Å². The number of morpholine rings is 1. The lowest BCUT2D eigenvalue weighted by atomic mass is 9.94. The topological polar surface area (TPSA) is 105 Å². The summed E-state index contributed by atoms with van der Waals surface area (Å²) in [6.45, 7) is 3.80. The quantitative estimate of drug-likeness (QED) is 0.399. The third-order valence-electron chi connectivity index (χ3n) is 7.61. The molecule has 8 nitrogen and oxygen atoms in total. The van der Waals surface area contributed by atoms with E-state index in [4.69, 9.17) is 15.5 Å². The molecule has 2 aliphatic heterocycles.